The highest BCUT2D eigenvalue weighted by Gasteiger charge is 2.38. The Morgan fingerprint density at radius 2 is 1.53 bits per heavy atom. The molecule has 0 saturated carbocycles. The Labute approximate surface area is 185 Å². The van der Waals surface area contributed by atoms with Crippen LogP contribution in [0.25, 0.3) is 0 Å². The van der Waals surface area contributed by atoms with E-state index in [4.69, 9.17) is 4.74 Å². The van der Waals surface area contributed by atoms with E-state index in [-0.39, 0.29) is 35.8 Å². The molecule has 0 saturated heterocycles. The van der Waals surface area contributed by atoms with Crippen molar-refractivity contribution in [2.45, 2.75) is 31.1 Å². The predicted octanol–water partition coefficient (Wildman–Crippen LogP) is 5.62. The number of allylic oxidation sites excluding steroid dienone is 2. The molecule has 5 heteroatoms. The van der Waals surface area contributed by atoms with Crippen LogP contribution in [0.2, 0.25) is 0 Å². The molecule has 0 fully saturated rings. The molecule has 32 heavy (non-hydrogen) atoms. The maximum atomic E-state index is 13.3. The average molecular weight is 427 g/mol. The largest absolute Gasteiger partial charge is 0.457 e. The molecule has 1 amide bonds. The molecule has 1 aliphatic carbocycles. The minimum atomic E-state index is -0.306. The van der Waals surface area contributed by atoms with Gasteiger partial charge in [-0.15, -0.1) is 0 Å². The zero-order chi connectivity index (χ0) is 22.1. The third-order valence-corrected chi connectivity index (χ3v) is 6.12. The van der Waals surface area contributed by atoms with Crippen LogP contribution in [0.4, 0.5) is 4.39 Å². The van der Waals surface area contributed by atoms with Gasteiger partial charge in [-0.2, -0.15) is 0 Å². The summed E-state index contributed by atoms with van der Waals surface area (Å²) < 4.78 is 19.3. The Morgan fingerprint density at radius 3 is 2.31 bits per heavy atom. The second-order valence-electron chi connectivity index (χ2n) is 8.26. The van der Waals surface area contributed by atoms with Crippen LogP contribution in [-0.2, 0) is 9.59 Å². The summed E-state index contributed by atoms with van der Waals surface area (Å²) in [4.78, 5) is 25.8. The first kappa shape index (κ1) is 20.2. The van der Waals surface area contributed by atoms with Crippen molar-refractivity contribution in [3.63, 3.8) is 0 Å². The molecule has 5 rings (SSSR count). The van der Waals surface area contributed by atoms with E-state index in [1.165, 1.54) is 12.1 Å². The Hall–Kier alpha value is -3.73. The average Bonchev–Trinajstić information content (AvgIpc) is 2.79. The van der Waals surface area contributed by atoms with Crippen LogP contribution in [0.15, 0.2) is 90.1 Å². The summed E-state index contributed by atoms with van der Waals surface area (Å²) in [5, 5.41) is 2.93. The Morgan fingerprint density at radius 1 is 0.781 bits per heavy atom. The van der Waals surface area contributed by atoms with Gasteiger partial charge in [0.25, 0.3) is 0 Å². The van der Waals surface area contributed by atoms with E-state index in [0.29, 0.717) is 29.9 Å². The lowest BCUT2D eigenvalue weighted by Crippen LogP contribution is -2.38. The van der Waals surface area contributed by atoms with Crippen LogP contribution in [0, 0.1) is 5.82 Å². The normalized spacial score (nSPS) is 20.5. The summed E-state index contributed by atoms with van der Waals surface area (Å²) in [7, 11) is 0. The van der Waals surface area contributed by atoms with E-state index >= 15 is 0 Å². The third kappa shape index (κ3) is 4.06. The fourth-order valence-electron chi connectivity index (χ4n) is 4.63. The second-order valence-corrected chi connectivity index (χ2v) is 8.26. The Bertz CT molecular complexity index is 1200. The van der Waals surface area contributed by atoms with Crippen LogP contribution >= 0.6 is 0 Å². The Kier molecular flexibility index (Phi) is 5.31. The van der Waals surface area contributed by atoms with Gasteiger partial charge < -0.3 is 10.1 Å². The van der Waals surface area contributed by atoms with Gasteiger partial charge in [0.15, 0.2) is 5.78 Å². The number of para-hydroxylation sites is 1. The van der Waals surface area contributed by atoms with Crippen molar-refractivity contribution in [1.82, 2.24) is 5.32 Å². The predicted molar refractivity (Wildman–Crippen MR) is 119 cm³/mol. The zero-order valence-corrected chi connectivity index (χ0v) is 17.4. The summed E-state index contributed by atoms with van der Waals surface area (Å²) in [6.07, 6.45) is 1.12. The van der Waals surface area contributed by atoms with E-state index in [1.54, 1.807) is 12.1 Å². The molecule has 4 nitrogen and oxygen atoms in total. The van der Waals surface area contributed by atoms with E-state index < -0.39 is 0 Å². The van der Waals surface area contributed by atoms with Crippen LogP contribution in [0.3, 0.4) is 0 Å². The fourth-order valence-corrected chi connectivity index (χ4v) is 4.63. The van der Waals surface area contributed by atoms with Crippen LogP contribution < -0.4 is 10.1 Å². The SMILES string of the molecule is O=C1C[C@H](c2cccc(Oc3ccccc3)c2)C2=C(C[C@H](c3ccc(F)cc3)CC2=O)N1. The molecule has 3 aromatic rings. The van der Waals surface area contributed by atoms with Gasteiger partial charge in [0, 0.05) is 30.0 Å². The number of ether oxygens (including phenoxy) is 1. The van der Waals surface area contributed by atoms with Crippen molar-refractivity contribution >= 4 is 11.7 Å². The van der Waals surface area contributed by atoms with E-state index in [1.807, 2.05) is 54.6 Å². The minimum absolute atomic E-state index is 0.0277. The van der Waals surface area contributed by atoms with E-state index in [0.717, 1.165) is 16.9 Å². The van der Waals surface area contributed by atoms with Crippen molar-refractivity contribution in [2.75, 3.05) is 0 Å². The fraction of sp³-hybridized carbons (Fsp3) is 0.185. The number of ketones is 1. The lowest BCUT2D eigenvalue weighted by atomic mass is 9.73. The molecule has 2 atom stereocenters. The van der Waals surface area contributed by atoms with Gasteiger partial charge in [0.2, 0.25) is 5.91 Å². The molecule has 0 spiro atoms. The minimum Gasteiger partial charge on any atom is -0.457 e. The van der Waals surface area contributed by atoms with E-state index in [9.17, 15) is 14.0 Å². The monoisotopic (exact) mass is 427 g/mol. The molecular formula is C27H22FNO3. The molecule has 0 bridgehead atoms. The number of Topliss-reactive ketones (excluding diaryl/α,β-unsaturated/α-hetero) is 1. The quantitative estimate of drug-likeness (QED) is 0.588. The first-order valence-corrected chi connectivity index (χ1v) is 10.7. The van der Waals surface area contributed by atoms with Crippen molar-refractivity contribution in [2.24, 2.45) is 0 Å². The summed E-state index contributed by atoms with van der Waals surface area (Å²) in [5.41, 5.74) is 3.15. The highest BCUT2D eigenvalue weighted by atomic mass is 19.1. The first-order valence-electron chi connectivity index (χ1n) is 10.7. The summed E-state index contributed by atoms with van der Waals surface area (Å²) in [6, 6.07) is 23.3. The van der Waals surface area contributed by atoms with Gasteiger partial charge in [0.05, 0.1) is 0 Å². The highest BCUT2D eigenvalue weighted by molar-refractivity contribution is 6.02. The van der Waals surface area contributed by atoms with Gasteiger partial charge >= 0.3 is 0 Å². The first-order chi connectivity index (χ1) is 15.6. The number of rotatable bonds is 4. The lowest BCUT2D eigenvalue weighted by Gasteiger charge is -2.34. The number of benzene rings is 3. The number of hydrogen-bond acceptors (Lipinski definition) is 3. The zero-order valence-electron chi connectivity index (χ0n) is 17.4. The molecule has 1 heterocycles. The van der Waals surface area contributed by atoms with Gasteiger partial charge in [-0.05, 0) is 59.9 Å². The number of nitrogens with one attached hydrogen (secondary N) is 1. The van der Waals surface area contributed by atoms with Crippen molar-refractivity contribution in [1.29, 1.82) is 0 Å². The van der Waals surface area contributed by atoms with Gasteiger partial charge in [-0.1, -0.05) is 42.5 Å². The Balaban J connectivity index is 1.45. The topological polar surface area (TPSA) is 55.4 Å². The number of amides is 1. The molecule has 1 N–H and O–H groups in total. The molecule has 1 aliphatic heterocycles. The smallest absolute Gasteiger partial charge is 0.225 e. The van der Waals surface area contributed by atoms with E-state index in [2.05, 4.69) is 5.32 Å². The third-order valence-electron chi connectivity index (χ3n) is 6.12. The maximum Gasteiger partial charge on any atom is 0.225 e. The molecule has 2 aliphatic rings. The van der Waals surface area contributed by atoms with Gasteiger partial charge in [-0.3, -0.25) is 9.59 Å². The molecule has 0 radical (unpaired) electrons. The van der Waals surface area contributed by atoms with Crippen LogP contribution in [0.5, 0.6) is 11.5 Å². The lowest BCUT2D eigenvalue weighted by molar-refractivity contribution is -0.122. The van der Waals surface area contributed by atoms with Crippen molar-refractivity contribution in [3.8, 4) is 11.5 Å². The van der Waals surface area contributed by atoms with Crippen molar-refractivity contribution in [3.05, 3.63) is 107 Å². The molecule has 0 unspecified atom stereocenters. The molecule has 3 aromatic carbocycles. The molecule has 0 aromatic heterocycles. The highest BCUT2D eigenvalue weighted by Crippen LogP contribution is 2.43. The summed E-state index contributed by atoms with van der Waals surface area (Å²) in [6.45, 7) is 0. The standard InChI is InChI=1S/C27H22FNO3/c28-20-11-9-17(10-12-20)19-14-24-27(25(30)15-19)23(16-26(31)29-24)18-5-4-8-22(13-18)32-21-6-2-1-3-7-21/h1-13,19,23H,14-16H2,(H,29,31)/t19-,23+/m0/s1. The summed E-state index contributed by atoms with van der Waals surface area (Å²) >= 11 is 0. The van der Waals surface area contributed by atoms with Crippen LogP contribution in [0.1, 0.15) is 42.2 Å². The number of carbonyl (C=O) groups is 2. The van der Waals surface area contributed by atoms with Gasteiger partial charge in [-0.25, -0.2) is 4.39 Å². The molecular weight excluding hydrogens is 405 g/mol. The summed E-state index contributed by atoms with van der Waals surface area (Å²) in [5.74, 6) is 0.625. The number of hydrogen-bond donors (Lipinski definition) is 1. The van der Waals surface area contributed by atoms with Gasteiger partial charge in [0.1, 0.15) is 17.3 Å². The van der Waals surface area contributed by atoms with Crippen molar-refractivity contribution < 1.29 is 18.7 Å². The number of carbonyl (C=O) groups excluding carboxylic acids is 2. The maximum absolute atomic E-state index is 13.3. The molecule has 160 valence electrons. The van der Waals surface area contributed by atoms with Crippen LogP contribution in [-0.4, -0.2) is 11.7 Å². The number of halogens is 1. The second kappa shape index (κ2) is 8.42.